The van der Waals surface area contributed by atoms with Crippen molar-refractivity contribution in [3.8, 4) is 5.75 Å². The number of fused-ring (bicyclic) bond motifs is 5. The Bertz CT molecular complexity index is 2320. The van der Waals surface area contributed by atoms with Crippen molar-refractivity contribution in [2.45, 2.75) is 90.1 Å². The summed E-state index contributed by atoms with van der Waals surface area (Å²) in [5.74, 6) is 0.225. The molecule has 15 heteroatoms. The Kier molecular flexibility index (Phi) is 10.5. The van der Waals surface area contributed by atoms with Crippen LogP contribution in [0.15, 0.2) is 47.0 Å². The minimum Gasteiger partial charge on any atom is -0.493 e. The Morgan fingerprint density at radius 3 is 2.44 bits per heavy atom. The summed E-state index contributed by atoms with van der Waals surface area (Å²) in [6, 6.07) is 10.6. The number of benzene rings is 2. The highest BCUT2D eigenvalue weighted by molar-refractivity contribution is 8.16. The Hall–Kier alpha value is -4.95. The fraction of sp³-hybridized carbons (Fsp3) is 0.452. The number of aryl methyl sites for hydroxylation is 2. The number of piperidine rings is 2. The van der Waals surface area contributed by atoms with Crippen LogP contribution < -0.4 is 15.4 Å². The van der Waals surface area contributed by atoms with Crippen LogP contribution in [0.4, 0.5) is 0 Å². The topological polar surface area (TPSA) is 165 Å². The number of allylic oxidation sites excluding steroid dienone is 1. The van der Waals surface area contributed by atoms with E-state index in [1.807, 2.05) is 38.1 Å². The fourth-order valence-electron chi connectivity index (χ4n) is 8.71. The fourth-order valence-corrected chi connectivity index (χ4v) is 10.3. The maximum absolute atomic E-state index is 13.6. The predicted molar refractivity (Wildman–Crippen MR) is 219 cm³/mol. The molecule has 6 aliphatic rings. The van der Waals surface area contributed by atoms with Crippen molar-refractivity contribution < 1.29 is 28.7 Å². The lowest BCUT2D eigenvalue weighted by Gasteiger charge is -2.52. The summed E-state index contributed by atoms with van der Waals surface area (Å²) in [7, 11) is 0.0423. The first kappa shape index (κ1) is 38.9. The molecule has 2 bridgehead atoms. The van der Waals surface area contributed by atoms with Crippen molar-refractivity contribution in [1.82, 2.24) is 30.3 Å². The number of carbonyl (C=O) groups excluding carboxylic acids is 5. The zero-order chi connectivity index (χ0) is 40.2. The van der Waals surface area contributed by atoms with E-state index in [0.717, 1.165) is 83.1 Å². The van der Waals surface area contributed by atoms with Gasteiger partial charge in [-0.3, -0.25) is 43.7 Å². The van der Waals surface area contributed by atoms with Crippen LogP contribution in [0.2, 0.25) is 5.02 Å². The van der Waals surface area contributed by atoms with E-state index in [4.69, 9.17) is 21.3 Å². The van der Waals surface area contributed by atoms with Crippen LogP contribution in [0, 0.1) is 19.8 Å². The van der Waals surface area contributed by atoms with Gasteiger partial charge in [-0.15, -0.1) is 10.2 Å². The zero-order valence-corrected chi connectivity index (χ0v) is 34.1. The molecule has 2 N–H and O–H groups in total. The maximum atomic E-state index is 13.6. The molecule has 6 heterocycles. The molecule has 0 spiro atoms. The van der Waals surface area contributed by atoms with Gasteiger partial charge in [-0.2, -0.15) is 10.5 Å². The second-order valence-electron chi connectivity index (χ2n) is 15.7. The van der Waals surface area contributed by atoms with E-state index < -0.39 is 29.3 Å². The first-order valence-corrected chi connectivity index (χ1v) is 21.8. The molecule has 57 heavy (non-hydrogen) atoms. The smallest absolute Gasteiger partial charge is 0.266 e. The summed E-state index contributed by atoms with van der Waals surface area (Å²) in [5, 5.41) is 15.0. The lowest BCUT2D eigenvalue weighted by Crippen LogP contribution is -2.74. The van der Waals surface area contributed by atoms with Gasteiger partial charge < -0.3 is 10.1 Å². The molecule has 2 aromatic carbocycles. The molecule has 1 aliphatic carbocycles. The minimum absolute atomic E-state index is 0.0423. The average Bonchev–Trinajstić information content (AvgIpc) is 3.73. The van der Waals surface area contributed by atoms with E-state index in [-0.39, 0.29) is 58.6 Å². The molecule has 5 amide bonds. The van der Waals surface area contributed by atoms with Crippen LogP contribution in [-0.4, -0.2) is 90.5 Å². The Morgan fingerprint density at radius 1 is 0.982 bits per heavy atom. The van der Waals surface area contributed by atoms with E-state index in [1.54, 1.807) is 12.1 Å². The monoisotopic (exact) mass is 811 g/mol. The minimum atomic E-state index is -1.32. The van der Waals surface area contributed by atoms with E-state index in [2.05, 4.69) is 38.6 Å². The summed E-state index contributed by atoms with van der Waals surface area (Å²) in [6.07, 6.45) is 8.20. The predicted octanol–water partition coefficient (Wildman–Crippen LogP) is 5.74. The largest absolute Gasteiger partial charge is 0.493 e. The average molecular weight is 812 g/mol. The molecule has 1 saturated carbocycles. The summed E-state index contributed by atoms with van der Waals surface area (Å²) in [5.41, 5.74) is 3.95. The van der Waals surface area contributed by atoms with E-state index in [0.29, 0.717) is 29.7 Å². The summed E-state index contributed by atoms with van der Waals surface area (Å²) >= 11 is 6.24. The van der Waals surface area contributed by atoms with Gasteiger partial charge in [0.05, 0.1) is 29.9 Å². The number of imide groups is 2. The number of rotatable bonds is 14. The van der Waals surface area contributed by atoms with Gasteiger partial charge in [0.25, 0.3) is 17.7 Å². The summed E-state index contributed by atoms with van der Waals surface area (Å²) in [4.78, 5) is 72.7. The highest BCUT2D eigenvalue weighted by atomic mass is 35.5. The number of unbranched alkanes of at least 4 members (excludes halogenated alkanes) is 5. The second kappa shape index (κ2) is 15.4. The molecule has 13 nitrogen and oxygen atoms in total. The van der Waals surface area contributed by atoms with Crippen LogP contribution in [0.3, 0.4) is 0 Å². The molecule has 1 aromatic heterocycles. The van der Waals surface area contributed by atoms with E-state index in [9.17, 15) is 24.0 Å². The molecular weight excluding hydrogens is 766 g/mol. The number of hydrogen-bond acceptors (Lipinski definition) is 9. The Morgan fingerprint density at radius 2 is 1.70 bits per heavy atom. The van der Waals surface area contributed by atoms with Crippen molar-refractivity contribution in [1.29, 1.82) is 0 Å². The number of carbonyl (C=O) groups is 5. The summed E-state index contributed by atoms with van der Waals surface area (Å²) < 4.78 is 8.19. The Balaban J connectivity index is 0.800. The van der Waals surface area contributed by atoms with Crippen LogP contribution in [-0.2, 0) is 14.4 Å². The highest BCUT2D eigenvalue weighted by Gasteiger charge is 2.65. The molecule has 3 fully saturated rings. The third-order valence-corrected chi connectivity index (χ3v) is 14.0. The number of ether oxygens (including phenoxy) is 1. The molecule has 2 saturated heterocycles. The van der Waals surface area contributed by atoms with Crippen molar-refractivity contribution in [3.05, 3.63) is 80.9 Å². The van der Waals surface area contributed by atoms with Crippen LogP contribution >= 0.6 is 22.1 Å². The number of halogens is 1. The van der Waals surface area contributed by atoms with Crippen LogP contribution in [0.25, 0.3) is 5.70 Å². The van der Waals surface area contributed by atoms with Gasteiger partial charge in [-0.1, -0.05) is 49.4 Å². The first-order valence-electron chi connectivity index (χ1n) is 19.6. The molecule has 0 radical (unpaired) electrons. The maximum Gasteiger partial charge on any atom is 0.266 e. The number of nitrogens with zero attached hydrogens (tertiary/aromatic N) is 5. The first-order chi connectivity index (χ1) is 27.4. The van der Waals surface area contributed by atoms with Crippen molar-refractivity contribution in [3.63, 3.8) is 0 Å². The molecule has 2 atom stereocenters. The quantitative estimate of drug-likeness (QED) is 0.118. The second-order valence-corrected chi connectivity index (χ2v) is 18.3. The number of amides is 5. The van der Waals surface area contributed by atoms with Crippen molar-refractivity contribution in [2.24, 2.45) is 10.9 Å². The van der Waals surface area contributed by atoms with Gasteiger partial charge in [0.15, 0.2) is 5.82 Å². The number of aliphatic imine (C=N–C) groups is 1. The zero-order valence-electron chi connectivity index (χ0n) is 32.6. The van der Waals surface area contributed by atoms with E-state index in [1.165, 1.54) is 4.86 Å². The van der Waals surface area contributed by atoms with Crippen LogP contribution in [0.1, 0.15) is 114 Å². The third-order valence-electron chi connectivity index (χ3n) is 11.8. The molecule has 298 valence electrons. The Labute approximate surface area is 338 Å². The standard InChI is InChI=1S/C42H46ClN7O6S/c1-23-17-29-35(40(54)50(39(29)53)42-20-27(21-42)38(52)46-41(42)55)32(18-23)56-16-10-8-6-5-7-9-15-44-33(51)19-30-37-48-47-25(3)49(37)31-22-57(4)24(2)34(31)36(45-30)26-11-13-28(43)14-12-26/h11-14,17-18,27,30H,5-10,15-16,19-22H2,1-4H3,(H,44,51)(H,46,52,55)/t27?,30-,42?,57?/m0/s1. The SMILES string of the molecule is CC1=S(C)CC2=C1C(c1ccc(Cl)cc1)=N[C@@H](CC(=O)NCCCCCCCCOc1cc(C)cc3c1C(=O)N(C14CC(C1)C(=O)NC4=O)C3=O)c1nnc(C)n12. The van der Waals surface area contributed by atoms with Gasteiger partial charge in [-0.25, -0.2) is 0 Å². The number of hydrogen-bond donors (Lipinski definition) is 2. The van der Waals surface area contributed by atoms with Gasteiger partial charge >= 0.3 is 0 Å². The van der Waals surface area contributed by atoms with Gasteiger partial charge in [0.1, 0.15) is 23.2 Å². The van der Waals surface area contributed by atoms with Crippen molar-refractivity contribution >= 4 is 67.9 Å². The van der Waals surface area contributed by atoms with Gasteiger partial charge in [-0.05, 0) is 87.4 Å². The normalized spacial score (nSPS) is 23.5. The molecule has 5 aliphatic heterocycles. The van der Waals surface area contributed by atoms with Crippen LogP contribution in [0.5, 0.6) is 5.75 Å². The lowest BCUT2D eigenvalue weighted by molar-refractivity contribution is -0.158. The van der Waals surface area contributed by atoms with Gasteiger partial charge in [0.2, 0.25) is 11.8 Å². The number of aromatic nitrogens is 3. The third kappa shape index (κ3) is 6.94. The van der Waals surface area contributed by atoms with Crippen molar-refractivity contribution in [2.75, 3.05) is 25.2 Å². The van der Waals surface area contributed by atoms with E-state index >= 15 is 0 Å². The lowest BCUT2D eigenvalue weighted by atomic mass is 9.63. The molecule has 1 unspecified atom stereocenters. The molecular formula is C42H46ClN7O6S. The molecule has 9 rings (SSSR count). The van der Waals surface area contributed by atoms with Gasteiger partial charge in [0, 0.05) is 40.1 Å². The molecule has 3 aromatic rings. The number of nitrogens with one attached hydrogen (secondary N) is 2. The highest BCUT2D eigenvalue weighted by Crippen LogP contribution is 2.50. The summed E-state index contributed by atoms with van der Waals surface area (Å²) in [6.45, 7) is 6.89.